The number of aliphatic carboxylic acids is 1. The van der Waals surface area contributed by atoms with Crippen molar-refractivity contribution in [3.63, 3.8) is 0 Å². The number of rotatable bonds is 3. The molecule has 1 fully saturated rings. The summed E-state index contributed by atoms with van der Waals surface area (Å²) in [6, 6.07) is 0.773. The number of nitrogens with zero attached hydrogens (tertiary/aromatic N) is 1. The Labute approximate surface area is 116 Å². The van der Waals surface area contributed by atoms with Crippen molar-refractivity contribution in [2.24, 2.45) is 5.92 Å². The van der Waals surface area contributed by atoms with E-state index in [1.807, 2.05) is 10.8 Å². The molecule has 2 heterocycles. The lowest BCUT2D eigenvalue weighted by molar-refractivity contribution is -0.143. The third-order valence-corrected chi connectivity index (χ3v) is 4.29. The lowest BCUT2D eigenvalue weighted by atomic mass is 9.89. The molecule has 0 spiro atoms. The van der Waals surface area contributed by atoms with E-state index in [0.717, 1.165) is 18.5 Å². The Balaban J connectivity index is 2.04. The van der Waals surface area contributed by atoms with Crippen molar-refractivity contribution in [3.8, 4) is 0 Å². The van der Waals surface area contributed by atoms with Gasteiger partial charge in [0.25, 0.3) is 0 Å². The summed E-state index contributed by atoms with van der Waals surface area (Å²) in [5.74, 6) is -0.523. The number of carbonyl (C=O) groups is 2. The Morgan fingerprint density at radius 2 is 2.37 bits per heavy atom. The zero-order chi connectivity index (χ0) is 13.8. The maximum absolute atomic E-state index is 12.1. The highest BCUT2D eigenvalue weighted by Crippen LogP contribution is 2.26. The maximum Gasteiger partial charge on any atom is 0.326 e. The molecule has 5 nitrogen and oxygen atoms in total. The highest BCUT2D eigenvalue weighted by Gasteiger charge is 2.35. The Kier molecular flexibility index (Phi) is 4.42. The molecule has 2 atom stereocenters. The Bertz CT molecular complexity index is 447. The van der Waals surface area contributed by atoms with Gasteiger partial charge in [0.15, 0.2) is 0 Å². The first-order valence-corrected chi connectivity index (χ1v) is 7.38. The first-order valence-electron chi connectivity index (χ1n) is 6.44. The number of thiophene rings is 1. The van der Waals surface area contributed by atoms with Gasteiger partial charge in [0.05, 0.1) is 5.69 Å². The molecule has 0 radical (unpaired) electrons. The summed E-state index contributed by atoms with van der Waals surface area (Å²) in [5, 5.41) is 15.7. The summed E-state index contributed by atoms with van der Waals surface area (Å²) >= 11 is 1.49. The number of carboxylic acids is 1. The van der Waals surface area contributed by atoms with Crippen LogP contribution < -0.4 is 5.32 Å². The summed E-state index contributed by atoms with van der Waals surface area (Å²) < 4.78 is 0. The minimum Gasteiger partial charge on any atom is -0.480 e. The van der Waals surface area contributed by atoms with Crippen LogP contribution in [0.3, 0.4) is 0 Å². The molecule has 1 aliphatic rings. The molecular formula is C13H18N2O3S. The second kappa shape index (κ2) is 6.06. The predicted molar refractivity (Wildman–Crippen MR) is 74.5 cm³/mol. The van der Waals surface area contributed by atoms with Gasteiger partial charge in [-0.25, -0.2) is 9.59 Å². The highest BCUT2D eigenvalue weighted by molar-refractivity contribution is 7.08. The minimum absolute atomic E-state index is 0.319. The Morgan fingerprint density at radius 3 is 2.95 bits per heavy atom. The number of amides is 2. The number of piperidine rings is 1. The largest absolute Gasteiger partial charge is 0.480 e. The average Bonchev–Trinajstić information content (AvgIpc) is 2.90. The summed E-state index contributed by atoms with van der Waals surface area (Å²) in [6.07, 6.45) is 2.38. The SMILES string of the molecule is CCC1CCN(C(=O)Nc2ccsc2)C(C(=O)O)C1. The fraction of sp³-hybridized carbons (Fsp3) is 0.538. The van der Waals surface area contributed by atoms with E-state index in [-0.39, 0.29) is 6.03 Å². The molecule has 2 rings (SSSR count). The van der Waals surface area contributed by atoms with Crippen LogP contribution in [0.15, 0.2) is 16.8 Å². The van der Waals surface area contributed by atoms with Crippen LogP contribution in [-0.2, 0) is 4.79 Å². The van der Waals surface area contributed by atoms with Crippen molar-refractivity contribution in [2.45, 2.75) is 32.2 Å². The Morgan fingerprint density at radius 1 is 1.58 bits per heavy atom. The molecular weight excluding hydrogens is 264 g/mol. The van der Waals surface area contributed by atoms with Gasteiger partial charge in [0, 0.05) is 11.9 Å². The van der Waals surface area contributed by atoms with Gasteiger partial charge < -0.3 is 15.3 Å². The van der Waals surface area contributed by atoms with E-state index in [9.17, 15) is 14.7 Å². The topological polar surface area (TPSA) is 69.6 Å². The van der Waals surface area contributed by atoms with Crippen molar-refractivity contribution >= 4 is 29.0 Å². The van der Waals surface area contributed by atoms with Crippen molar-refractivity contribution in [2.75, 3.05) is 11.9 Å². The zero-order valence-electron chi connectivity index (χ0n) is 10.8. The fourth-order valence-corrected chi connectivity index (χ4v) is 3.01. The van der Waals surface area contributed by atoms with Crippen molar-refractivity contribution in [1.82, 2.24) is 4.90 Å². The van der Waals surface area contributed by atoms with Crippen LogP contribution >= 0.6 is 11.3 Å². The van der Waals surface area contributed by atoms with Crippen LogP contribution in [0.25, 0.3) is 0 Å². The summed E-state index contributed by atoms with van der Waals surface area (Å²) in [5.41, 5.74) is 0.719. The second-order valence-electron chi connectivity index (χ2n) is 4.79. The zero-order valence-corrected chi connectivity index (χ0v) is 11.7. The molecule has 19 heavy (non-hydrogen) atoms. The van der Waals surface area contributed by atoms with Gasteiger partial charge in [-0.1, -0.05) is 13.3 Å². The molecule has 2 N–H and O–H groups in total. The van der Waals surface area contributed by atoms with Gasteiger partial charge in [-0.15, -0.1) is 0 Å². The standard InChI is InChI=1S/C13H18N2O3S/c1-2-9-3-5-15(11(7-9)12(16)17)13(18)14-10-4-6-19-8-10/h4,6,8-9,11H,2-3,5,7H2,1H3,(H,14,18)(H,16,17). The number of urea groups is 1. The third-order valence-electron chi connectivity index (χ3n) is 3.61. The van der Waals surface area contributed by atoms with E-state index in [1.54, 1.807) is 6.07 Å². The number of hydrogen-bond donors (Lipinski definition) is 2. The van der Waals surface area contributed by atoms with Crippen LogP contribution in [0.4, 0.5) is 10.5 Å². The average molecular weight is 282 g/mol. The molecule has 1 aromatic rings. The van der Waals surface area contributed by atoms with Gasteiger partial charge in [-0.2, -0.15) is 11.3 Å². The molecule has 104 valence electrons. The van der Waals surface area contributed by atoms with E-state index < -0.39 is 12.0 Å². The number of carbonyl (C=O) groups excluding carboxylic acids is 1. The van der Waals surface area contributed by atoms with Crippen LogP contribution in [0.2, 0.25) is 0 Å². The Hall–Kier alpha value is -1.56. The van der Waals surface area contributed by atoms with Gasteiger partial charge >= 0.3 is 12.0 Å². The number of hydrogen-bond acceptors (Lipinski definition) is 3. The first-order chi connectivity index (χ1) is 9.11. The lowest BCUT2D eigenvalue weighted by Crippen LogP contribution is -2.51. The van der Waals surface area contributed by atoms with Crippen LogP contribution in [0.5, 0.6) is 0 Å². The molecule has 0 bridgehead atoms. The summed E-state index contributed by atoms with van der Waals surface area (Å²) in [7, 11) is 0. The fourth-order valence-electron chi connectivity index (χ4n) is 2.42. The van der Waals surface area contributed by atoms with Crippen LogP contribution in [-0.4, -0.2) is 34.6 Å². The summed E-state index contributed by atoms with van der Waals surface area (Å²) in [4.78, 5) is 24.9. The highest BCUT2D eigenvalue weighted by atomic mass is 32.1. The third kappa shape index (κ3) is 3.26. The smallest absolute Gasteiger partial charge is 0.326 e. The van der Waals surface area contributed by atoms with E-state index in [2.05, 4.69) is 12.2 Å². The summed E-state index contributed by atoms with van der Waals surface area (Å²) in [6.45, 7) is 2.57. The molecule has 2 amide bonds. The molecule has 0 aliphatic carbocycles. The maximum atomic E-state index is 12.1. The van der Waals surface area contributed by atoms with Gasteiger partial charge in [0.1, 0.15) is 6.04 Å². The van der Waals surface area contributed by atoms with Crippen molar-refractivity contribution in [3.05, 3.63) is 16.8 Å². The molecule has 1 saturated heterocycles. The molecule has 2 unspecified atom stereocenters. The monoisotopic (exact) mass is 282 g/mol. The predicted octanol–water partition coefficient (Wildman–Crippen LogP) is 2.86. The number of carboxylic acid groups (broad SMARTS) is 1. The number of nitrogens with one attached hydrogen (secondary N) is 1. The van der Waals surface area contributed by atoms with Gasteiger partial charge in [0.2, 0.25) is 0 Å². The van der Waals surface area contributed by atoms with E-state index in [0.29, 0.717) is 18.9 Å². The molecule has 0 saturated carbocycles. The normalized spacial score (nSPS) is 23.1. The van der Waals surface area contributed by atoms with Crippen LogP contribution in [0, 0.1) is 5.92 Å². The van der Waals surface area contributed by atoms with Gasteiger partial charge in [-0.3, -0.25) is 0 Å². The quantitative estimate of drug-likeness (QED) is 0.895. The molecule has 1 aliphatic heterocycles. The van der Waals surface area contributed by atoms with E-state index in [1.165, 1.54) is 16.2 Å². The molecule has 6 heteroatoms. The van der Waals surface area contributed by atoms with Crippen molar-refractivity contribution in [1.29, 1.82) is 0 Å². The molecule has 0 aromatic carbocycles. The van der Waals surface area contributed by atoms with E-state index >= 15 is 0 Å². The molecule has 1 aromatic heterocycles. The number of anilines is 1. The number of likely N-dealkylation sites (tertiary alicyclic amines) is 1. The lowest BCUT2D eigenvalue weighted by Gasteiger charge is -2.36. The van der Waals surface area contributed by atoms with Gasteiger partial charge in [-0.05, 0) is 30.2 Å². The van der Waals surface area contributed by atoms with Crippen LogP contribution in [0.1, 0.15) is 26.2 Å². The first kappa shape index (κ1) is 13.9. The minimum atomic E-state index is -0.918. The van der Waals surface area contributed by atoms with E-state index in [4.69, 9.17) is 0 Å². The van der Waals surface area contributed by atoms with Crippen molar-refractivity contribution < 1.29 is 14.7 Å². The second-order valence-corrected chi connectivity index (χ2v) is 5.57.